The smallest absolute Gasteiger partial charge is 0.173 e. The van der Waals surface area contributed by atoms with Crippen LogP contribution in [0.5, 0.6) is 0 Å². The first-order valence-corrected chi connectivity index (χ1v) is 16.6. The molecule has 0 radical (unpaired) electrons. The summed E-state index contributed by atoms with van der Waals surface area (Å²) in [5.74, 6) is -0.914. The van der Waals surface area contributed by atoms with Gasteiger partial charge in [0.15, 0.2) is 11.6 Å². The largest absolute Gasteiger partial charge is 0.339 e. The highest BCUT2D eigenvalue weighted by Crippen LogP contribution is 2.76. The van der Waals surface area contributed by atoms with Gasteiger partial charge in [0.25, 0.3) is 0 Å². The highest BCUT2D eigenvalue weighted by molar-refractivity contribution is 7.60. The third-order valence-electron chi connectivity index (χ3n) is 8.48. The summed E-state index contributed by atoms with van der Waals surface area (Å²) in [6, 6.07) is 0. The lowest BCUT2D eigenvalue weighted by atomic mass is 9.98. The van der Waals surface area contributed by atoms with Crippen molar-refractivity contribution < 1.29 is 14.2 Å². The van der Waals surface area contributed by atoms with Crippen LogP contribution in [0.2, 0.25) is 0 Å². The summed E-state index contributed by atoms with van der Waals surface area (Å²) in [7, 11) is -0.303. The molecular formula is C30H57O3P. The van der Waals surface area contributed by atoms with E-state index in [1.807, 2.05) is 0 Å². The summed E-state index contributed by atoms with van der Waals surface area (Å²) < 4.78 is 19.3. The lowest BCUT2D eigenvalue weighted by molar-refractivity contribution is -0.468. The van der Waals surface area contributed by atoms with Crippen LogP contribution in [0.1, 0.15) is 163 Å². The fourth-order valence-electron chi connectivity index (χ4n) is 7.28. The molecule has 4 aliphatic rings. The first-order chi connectivity index (χ1) is 16.2. The molecule has 3 nitrogen and oxygen atoms in total. The van der Waals surface area contributed by atoms with Crippen molar-refractivity contribution in [2.24, 2.45) is 0 Å². The Kier molecular flexibility index (Phi) is 11.2. The zero-order chi connectivity index (χ0) is 24.5. The molecule has 4 atom stereocenters. The summed E-state index contributed by atoms with van der Waals surface area (Å²) in [6.07, 6.45) is 28.9. The zero-order valence-electron chi connectivity index (χ0n) is 23.5. The lowest BCUT2D eigenvalue weighted by Gasteiger charge is -2.69. The minimum atomic E-state index is -0.457. The number of rotatable bonds is 19. The van der Waals surface area contributed by atoms with Gasteiger partial charge in [-0.25, -0.2) is 0 Å². The SMILES string of the molecule is CCCCCCCCCCCCCCCCCCCCP1C2(C)CC3(C)OC(C)(CC1(C)O3)O2. The topological polar surface area (TPSA) is 27.7 Å². The van der Waals surface area contributed by atoms with Gasteiger partial charge >= 0.3 is 0 Å². The maximum absolute atomic E-state index is 6.56. The van der Waals surface area contributed by atoms with Gasteiger partial charge in [-0.05, 0) is 48.2 Å². The molecular weight excluding hydrogens is 439 g/mol. The quantitative estimate of drug-likeness (QED) is 0.131. The van der Waals surface area contributed by atoms with Crippen molar-refractivity contribution in [2.45, 2.75) is 185 Å². The molecule has 4 rings (SSSR count). The van der Waals surface area contributed by atoms with E-state index in [4.69, 9.17) is 14.2 Å². The van der Waals surface area contributed by atoms with Crippen molar-refractivity contribution in [3.05, 3.63) is 0 Å². The first-order valence-electron chi connectivity index (χ1n) is 15.1. The van der Waals surface area contributed by atoms with Crippen LogP contribution in [0.3, 0.4) is 0 Å². The molecule has 0 amide bonds. The van der Waals surface area contributed by atoms with E-state index in [-0.39, 0.29) is 18.6 Å². The van der Waals surface area contributed by atoms with Gasteiger partial charge in [-0.1, -0.05) is 116 Å². The fourth-order valence-corrected chi connectivity index (χ4v) is 11.3. The van der Waals surface area contributed by atoms with E-state index in [2.05, 4.69) is 34.6 Å². The highest BCUT2D eigenvalue weighted by atomic mass is 31.1. The minimum Gasteiger partial charge on any atom is -0.339 e. The Morgan fingerprint density at radius 2 is 0.794 bits per heavy atom. The van der Waals surface area contributed by atoms with Gasteiger partial charge in [0.05, 0.1) is 10.7 Å². The molecule has 4 saturated heterocycles. The minimum absolute atomic E-state index is 0.0447. The molecule has 0 aromatic heterocycles. The third-order valence-corrected chi connectivity index (χ3v) is 12.0. The van der Waals surface area contributed by atoms with Crippen LogP contribution in [0.15, 0.2) is 0 Å². The zero-order valence-corrected chi connectivity index (χ0v) is 24.4. The number of hydrogen-bond acceptors (Lipinski definition) is 3. The predicted molar refractivity (Wildman–Crippen MR) is 147 cm³/mol. The normalized spacial score (nSPS) is 36.4. The maximum atomic E-state index is 6.56. The van der Waals surface area contributed by atoms with Gasteiger partial charge in [0.2, 0.25) is 0 Å². The molecule has 0 aromatic carbocycles. The molecule has 4 bridgehead atoms. The van der Waals surface area contributed by atoms with Crippen molar-refractivity contribution in [2.75, 3.05) is 6.16 Å². The number of unbranched alkanes of at least 4 members (excludes halogenated alkanes) is 17. The second-order valence-corrected chi connectivity index (χ2v) is 15.6. The van der Waals surface area contributed by atoms with Crippen LogP contribution >= 0.6 is 7.92 Å². The summed E-state index contributed by atoms with van der Waals surface area (Å²) in [5.41, 5.74) is 0. The van der Waals surface area contributed by atoms with Crippen LogP contribution in [0, 0.1) is 0 Å². The molecule has 4 fully saturated rings. The van der Waals surface area contributed by atoms with Crippen molar-refractivity contribution in [1.82, 2.24) is 0 Å². The van der Waals surface area contributed by atoms with Crippen LogP contribution in [0.25, 0.3) is 0 Å². The molecule has 200 valence electrons. The Balaban J connectivity index is 1.14. The van der Waals surface area contributed by atoms with Crippen molar-refractivity contribution in [3.63, 3.8) is 0 Å². The van der Waals surface area contributed by atoms with E-state index >= 15 is 0 Å². The van der Waals surface area contributed by atoms with E-state index in [1.54, 1.807) is 0 Å². The molecule has 4 aliphatic heterocycles. The van der Waals surface area contributed by atoms with Crippen LogP contribution in [0.4, 0.5) is 0 Å². The molecule has 4 heteroatoms. The van der Waals surface area contributed by atoms with Gasteiger partial charge < -0.3 is 14.2 Å². The number of ether oxygens (including phenoxy) is 3. The van der Waals surface area contributed by atoms with E-state index in [9.17, 15) is 0 Å². The maximum Gasteiger partial charge on any atom is 0.173 e. The van der Waals surface area contributed by atoms with E-state index in [0.717, 1.165) is 12.8 Å². The third kappa shape index (κ3) is 8.16. The summed E-state index contributed by atoms with van der Waals surface area (Å²) in [5, 5.41) is -0.0894. The molecule has 0 aliphatic carbocycles. The average molecular weight is 497 g/mol. The summed E-state index contributed by atoms with van der Waals surface area (Å²) in [4.78, 5) is 0. The van der Waals surface area contributed by atoms with Crippen LogP contribution in [-0.2, 0) is 14.2 Å². The van der Waals surface area contributed by atoms with Gasteiger partial charge in [-0.2, -0.15) is 0 Å². The van der Waals surface area contributed by atoms with Crippen LogP contribution < -0.4 is 0 Å². The first kappa shape index (κ1) is 28.9. The molecule has 0 saturated carbocycles. The Morgan fingerprint density at radius 3 is 1.15 bits per heavy atom. The van der Waals surface area contributed by atoms with E-state index < -0.39 is 11.6 Å². The Bertz CT molecular complexity index is 550. The van der Waals surface area contributed by atoms with E-state index in [0.29, 0.717) is 0 Å². The monoisotopic (exact) mass is 496 g/mol. The average Bonchev–Trinajstić information content (AvgIpc) is 2.71. The van der Waals surface area contributed by atoms with Gasteiger partial charge in [-0.3, -0.25) is 0 Å². The van der Waals surface area contributed by atoms with Crippen LogP contribution in [-0.4, -0.2) is 28.4 Å². The Labute approximate surface area is 213 Å². The second kappa shape index (κ2) is 13.2. The summed E-state index contributed by atoms with van der Waals surface area (Å²) in [6.45, 7) is 11.2. The van der Waals surface area contributed by atoms with Crippen molar-refractivity contribution in [1.29, 1.82) is 0 Å². The van der Waals surface area contributed by atoms with Crippen molar-refractivity contribution in [3.8, 4) is 0 Å². The van der Waals surface area contributed by atoms with E-state index in [1.165, 1.54) is 122 Å². The predicted octanol–water partition coefficient (Wildman–Crippen LogP) is 10.2. The second-order valence-electron chi connectivity index (χ2n) is 12.4. The Morgan fingerprint density at radius 1 is 0.471 bits per heavy atom. The fraction of sp³-hybridized carbons (Fsp3) is 1.00. The van der Waals surface area contributed by atoms with Gasteiger partial charge in [0, 0.05) is 12.8 Å². The molecule has 4 unspecified atom stereocenters. The lowest BCUT2D eigenvalue weighted by Crippen LogP contribution is -2.71. The standard InChI is InChI=1S/C30H57O3P/c1-6-7-8-9-10-11-12-13-14-15-16-17-18-19-20-21-22-23-24-34-29(4)25-27(2)31-28(3,33-29)26-30(34,5)32-27/h6-26H2,1-5H3. The highest BCUT2D eigenvalue weighted by Gasteiger charge is 2.70. The molecule has 34 heavy (non-hydrogen) atoms. The molecule has 0 aromatic rings. The van der Waals surface area contributed by atoms with Crippen molar-refractivity contribution >= 4 is 7.92 Å². The van der Waals surface area contributed by atoms with Gasteiger partial charge in [0.1, 0.15) is 0 Å². The molecule has 0 N–H and O–H groups in total. The number of hydrogen-bond donors (Lipinski definition) is 0. The molecule has 4 heterocycles. The van der Waals surface area contributed by atoms with Gasteiger partial charge in [-0.15, -0.1) is 0 Å². The Hall–Kier alpha value is 0.310. The summed E-state index contributed by atoms with van der Waals surface area (Å²) >= 11 is 0. The molecule has 0 spiro atoms.